The molecule has 0 radical (unpaired) electrons. The van der Waals surface area contributed by atoms with Gasteiger partial charge in [0.2, 0.25) is 0 Å². The number of carbonyl (C=O) groups excluding carboxylic acids is 1. The van der Waals surface area contributed by atoms with E-state index in [9.17, 15) is 9.59 Å². The van der Waals surface area contributed by atoms with Crippen molar-refractivity contribution in [3.8, 4) is 0 Å². The van der Waals surface area contributed by atoms with Crippen LogP contribution in [0.4, 0.5) is 0 Å². The first-order valence-electron chi connectivity index (χ1n) is 7.53. The lowest BCUT2D eigenvalue weighted by atomic mass is 10.1. The molecule has 0 fully saturated rings. The van der Waals surface area contributed by atoms with Crippen LogP contribution >= 0.6 is 0 Å². The molecule has 0 saturated carbocycles. The summed E-state index contributed by atoms with van der Waals surface area (Å²) in [7, 11) is 0. The highest BCUT2D eigenvalue weighted by molar-refractivity contribution is 5.93. The molecule has 0 aliphatic rings. The number of aromatic nitrogens is 2. The van der Waals surface area contributed by atoms with Gasteiger partial charge in [-0.05, 0) is 18.9 Å². The highest BCUT2D eigenvalue weighted by Gasteiger charge is 2.14. The molecule has 5 heteroatoms. The third-order valence-corrected chi connectivity index (χ3v) is 3.42. The number of aromatic amines is 1. The van der Waals surface area contributed by atoms with E-state index in [1.165, 1.54) is 0 Å². The SMILES string of the molecule is CCCCNC(=O)c1[nH]c(=O)c(Cc2ccccc2)nc1C. The lowest BCUT2D eigenvalue weighted by Gasteiger charge is -2.08. The Morgan fingerprint density at radius 3 is 2.68 bits per heavy atom. The summed E-state index contributed by atoms with van der Waals surface area (Å²) >= 11 is 0. The minimum absolute atomic E-state index is 0.248. The number of nitrogens with zero attached hydrogens (tertiary/aromatic N) is 1. The monoisotopic (exact) mass is 299 g/mol. The minimum Gasteiger partial charge on any atom is -0.351 e. The van der Waals surface area contributed by atoms with Crippen LogP contribution in [-0.4, -0.2) is 22.4 Å². The summed E-state index contributed by atoms with van der Waals surface area (Å²) in [4.78, 5) is 31.1. The van der Waals surface area contributed by atoms with E-state index in [0.29, 0.717) is 24.4 Å². The lowest BCUT2D eigenvalue weighted by molar-refractivity contribution is 0.0946. The van der Waals surface area contributed by atoms with E-state index in [-0.39, 0.29) is 17.2 Å². The van der Waals surface area contributed by atoms with Gasteiger partial charge in [0.15, 0.2) is 0 Å². The standard InChI is InChI=1S/C17H21N3O2/c1-3-4-10-18-17(22)15-12(2)19-14(16(21)20-15)11-13-8-6-5-7-9-13/h5-9H,3-4,10-11H2,1-2H3,(H,18,22)(H,20,21). The Morgan fingerprint density at radius 1 is 1.27 bits per heavy atom. The molecule has 22 heavy (non-hydrogen) atoms. The summed E-state index contributed by atoms with van der Waals surface area (Å²) in [6, 6.07) is 9.66. The zero-order chi connectivity index (χ0) is 15.9. The van der Waals surface area contributed by atoms with Crippen LogP contribution in [0.5, 0.6) is 0 Å². The summed E-state index contributed by atoms with van der Waals surface area (Å²) in [5.41, 5.74) is 1.92. The van der Waals surface area contributed by atoms with Crippen LogP contribution in [0.2, 0.25) is 0 Å². The number of amides is 1. The van der Waals surface area contributed by atoms with Crippen LogP contribution in [-0.2, 0) is 6.42 Å². The van der Waals surface area contributed by atoms with E-state index in [1.807, 2.05) is 30.3 Å². The average Bonchev–Trinajstić information content (AvgIpc) is 2.51. The maximum absolute atomic E-state index is 12.1. The Labute approximate surface area is 129 Å². The molecule has 1 heterocycles. The van der Waals surface area contributed by atoms with Gasteiger partial charge < -0.3 is 10.3 Å². The molecule has 0 spiro atoms. The molecule has 0 saturated heterocycles. The summed E-state index contributed by atoms with van der Waals surface area (Å²) in [5.74, 6) is -0.276. The van der Waals surface area contributed by atoms with Crippen molar-refractivity contribution in [2.24, 2.45) is 0 Å². The van der Waals surface area contributed by atoms with Gasteiger partial charge in [-0.25, -0.2) is 4.98 Å². The van der Waals surface area contributed by atoms with Gasteiger partial charge in [-0.2, -0.15) is 0 Å². The number of H-pyrrole nitrogens is 1. The summed E-state index contributed by atoms with van der Waals surface area (Å²) in [6.07, 6.45) is 2.37. The summed E-state index contributed by atoms with van der Waals surface area (Å²) < 4.78 is 0. The van der Waals surface area contributed by atoms with Gasteiger partial charge in [0.25, 0.3) is 11.5 Å². The zero-order valence-electron chi connectivity index (χ0n) is 13.0. The van der Waals surface area contributed by atoms with Crippen molar-refractivity contribution in [3.05, 3.63) is 63.3 Å². The van der Waals surface area contributed by atoms with E-state index in [4.69, 9.17) is 0 Å². The molecule has 0 atom stereocenters. The van der Waals surface area contributed by atoms with Crippen molar-refractivity contribution in [3.63, 3.8) is 0 Å². The van der Waals surface area contributed by atoms with Crippen LogP contribution in [0.25, 0.3) is 0 Å². The number of carbonyl (C=O) groups is 1. The van der Waals surface area contributed by atoms with Gasteiger partial charge in [0.05, 0.1) is 5.69 Å². The zero-order valence-corrected chi connectivity index (χ0v) is 13.0. The van der Waals surface area contributed by atoms with Crippen molar-refractivity contribution in [1.29, 1.82) is 0 Å². The third kappa shape index (κ3) is 4.04. The number of unbranched alkanes of at least 4 members (excludes halogenated alkanes) is 1. The second-order valence-corrected chi connectivity index (χ2v) is 5.24. The Hall–Kier alpha value is -2.43. The fraction of sp³-hybridized carbons (Fsp3) is 0.353. The van der Waals surface area contributed by atoms with E-state index < -0.39 is 0 Å². The van der Waals surface area contributed by atoms with Gasteiger partial charge in [0, 0.05) is 13.0 Å². The molecule has 0 aliphatic heterocycles. The highest BCUT2D eigenvalue weighted by Crippen LogP contribution is 2.06. The molecule has 0 bridgehead atoms. The number of hydrogen-bond donors (Lipinski definition) is 2. The van der Waals surface area contributed by atoms with Gasteiger partial charge in [-0.3, -0.25) is 9.59 Å². The lowest BCUT2D eigenvalue weighted by Crippen LogP contribution is -2.30. The predicted octanol–water partition coefficient (Wildman–Crippen LogP) is 2.20. The Balaban J connectivity index is 2.18. The molecule has 1 aromatic heterocycles. The quantitative estimate of drug-likeness (QED) is 0.803. The van der Waals surface area contributed by atoms with E-state index in [0.717, 1.165) is 18.4 Å². The van der Waals surface area contributed by atoms with Crippen molar-refractivity contribution in [2.75, 3.05) is 6.54 Å². The predicted molar refractivity (Wildman–Crippen MR) is 86.1 cm³/mol. The maximum atomic E-state index is 12.1. The van der Waals surface area contributed by atoms with Crippen molar-refractivity contribution in [1.82, 2.24) is 15.3 Å². The van der Waals surface area contributed by atoms with Crippen LogP contribution < -0.4 is 10.9 Å². The summed E-state index contributed by atoms with van der Waals surface area (Å²) in [5, 5.41) is 2.79. The fourth-order valence-corrected chi connectivity index (χ4v) is 2.18. The first-order valence-corrected chi connectivity index (χ1v) is 7.53. The van der Waals surface area contributed by atoms with Gasteiger partial charge in [0.1, 0.15) is 11.4 Å². The first kappa shape index (κ1) is 15.9. The topological polar surface area (TPSA) is 74.8 Å². The Morgan fingerprint density at radius 2 is 2.00 bits per heavy atom. The highest BCUT2D eigenvalue weighted by atomic mass is 16.2. The molecule has 0 aliphatic carbocycles. The number of benzene rings is 1. The van der Waals surface area contributed by atoms with E-state index in [2.05, 4.69) is 22.2 Å². The molecule has 2 N–H and O–H groups in total. The second kappa shape index (κ2) is 7.54. The normalized spacial score (nSPS) is 10.5. The molecular formula is C17H21N3O2. The Kier molecular flexibility index (Phi) is 5.47. The fourth-order valence-electron chi connectivity index (χ4n) is 2.18. The smallest absolute Gasteiger partial charge is 0.270 e. The van der Waals surface area contributed by atoms with Crippen LogP contribution in [0.15, 0.2) is 35.1 Å². The maximum Gasteiger partial charge on any atom is 0.270 e. The number of nitrogens with one attached hydrogen (secondary N) is 2. The molecule has 1 amide bonds. The Bertz CT molecular complexity index is 693. The number of aryl methyl sites for hydroxylation is 1. The van der Waals surface area contributed by atoms with Gasteiger partial charge in [-0.15, -0.1) is 0 Å². The number of rotatable bonds is 6. The second-order valence-electron chi connectivity index (χ2n) is 5.24. The molecule has 1 aromatic carbocycles. The molecule has 5 nitrogen and oxygen atoms in total. The largest absolute Gasteiger partial charge is 0.351 e. The molecule has 0 unspecified atom stereocenters. The van der Waals surface area contributed by atoms with Gasteiger partial charge in [-0.1, -0.05) is 43.7 Å². The molecule has 2 rings (SSSR count). The minimum atomic E-state index is -0.310. The average molecular weight is 299 g/mol. The summed E-state index contributed by atoms with van der Waals surface area (Å²) in [6.45, 7) is 4.39. The first-order chi connectivity index (χ1) is 10.6. The van der Waals surface area contributed by atoms with E-state index >= 15 is 0 Å². The molecular weight excluding hydrogens is 278 g/mol. The van der Waals surface area contributed by atoms with Crippen molar-refractivity contribution < 1.29 is 4.79 Å². The number of hydrogen-bond acceptors (Lipinski definition) is 3. The third-order valence-electron chi connectivity index (χ3n) is 3.42. The van der Waals surface area contributed by atoms with Gasteiger partial charge >= 0.3 is 0 Å². The van der Waals surface area contributed by atoms with Crippen molar-refractivity contribution in [2.45, 2.75) is 33.1 Å². The molecule has 2 aromatic rings. The van der Waals surface area contributed by atoms with E-state index in [1.54, 1.807) is 6.92 Å². The van der Waals surface area contributed by atoms with Crippen LogP contribution in [0, 0.1) is 6.92 Å². The molecule has 116 valence electrons. The van der Waals surface area contributed by atoms with Crippen LogP contribution in [0.3, 0.4) is 0 Å². The van der Waals surface area contributed by atoms with Crippen LogP contribution in [0.1, 0.15) is 47.2 Å². The van der Waals surface area contributed by atoms with Crippen molar-refractivity contribution >= 4 is 5.91 Å².